The molecule has 2 heterocycles. The molecule has 4 rings (SSSR count). The van der Waals surface area contributed by atoms with Crippen molar-refractivity contribution in [2.45, 2.75) is 19.3 Å². The van der Waals surface area contributed by atoms with Crippen molar-refractivity contribution in [3.05, 3.63) is 113 Å². The van der Waals surface area contributed by atoms with Gasteiger partial charge in [0.2, 0.25) is 0 Å². The second kappa shape index (κ2) is 9.69. The number of rotatable bonds is 4. The molecule has 0 radical (unpaired) electrons. The summed E-state index contributed by atoms with van der Waals surface area (Å²) in [5.74, 6) is 0. The zero-order valence-electron chi connectivity index (χ0n) is 17.5. The van der Waals surface area contributed by atoms with Crippen LogP contribution in [0.25, 0.3) is 27.4 Å². The van der Waals surface area contributed by atoms with Gasteiger partial charge >= 0.3 is 21.1 Å². The summed E-state index contributed by atoms with van der Waals surface area (Å²) in [5.41, 5.74) is 5.50. The molecule has 0 atom stereocenters. The van der Waals surface area contributed by atoms with Gasteiger partial charge in [0.1, 0.15) is 5.69 Å². The third-order valence-electron chi connectivity index (χ3n) is 5.18. The molecule has 4 nitrogen and oxygen atoms in total. The monoisotopic (exact) mass is 593 g/mol. The maximum absolute atomic E-state index is 9.18. The zero-order chi connectivity index (χ0) is 21.8. The molecule has 0 N–H and O–H groups in total. The molecule has 32 heavy (non-hydrogen) atoms. The number of pyridine rings is 2. The molecule has 0 saturated carbocycles. The van der Waals surface area contributed by atoms with E-state index in [1.807, 2.05) is 36.4 Å². The molecule has 0 aliphatic heterocycles. The maximum Gasteiger partial charge on any atom is 2.00 e. The molecule has 0 spiro atoms. The summed E-state index contributed by atoms with van der Waals surface area (Å²) in [4.78, 5) is 13.2. The van der Waals surface area contributed by atoms with E-state index in [0.29, 0.717) is 11.3 Å². The van der Waals surface area contributed by atoms with Gasteiger partial charge in [-0.2, -0.15) is 11.3 Å². The van der Waals surface area contributed by atoms with Crippen LogP contribution >= 0.6 is 0 Å². The molecule has 0 amide bonds. The van der Waals surface area contributed by atoms with Gasteiger partial charge in [-0.3, -0.25) is 4.85 Å². The number of nitrogens with zero attached hydrogens (tertiary/aromatic N) is 4. The van der Waals surface area contributed by atoms with E-state index in [9.17, 15) is 5.26 Å². The molecule has 0 aliphatic rings. The Hall–Kier alpha value is -3.59. The minimum absolute atomic E-state index is 0. The molecule has 0 aliphatic carbocycles. The van der Waals surface area contributed by atoms with Crippen molar-refractivity contribution in [1.82, 2.24) is 9.97 Å². The van der Waals surface area contributed by atoms with Crippen molar-refractivity contribution in [2.75, 3.05) is 0 Å². The smallest absolute Gasteiger partial charge is 0.300 e. The third kappa shape index (κ3) is 4.67. The zero-order valence-corrected chi connectivity index (χ0v) is 19.8. The van der Waals surface area contributed by atoms with Crippen LogP contribution in [0.15, 0.2) is 72.8 Å². The topological polar surface area (TPSA) is 53.9 Å². The summed E-state index contributed by atoms with van der Waals surface area (Å²) in [6.07, 6.45) is 0. The van der Waals surface area contributed by atoms with Gasteiger partial charge in [0.25, 0.3) is 0 Å². The van der Waals surface area contributed by atoms with Crippen molar-refractivity contribution in [2.24, 2.45) is 0 Å². The molecule has 0 unspecified atom stereocenters. The van der Waals surface area contributed by atoms with E-state index in [2.05, 4.69) is 36.9 Å². The molecule has 0 saturated heterocycles. The summed E-state index contributed by atoms with van der Waals surface area (Å²) >= 11 is 0. The molecule has 156 valence electrons. The second-order valence-electron chi connectivity index (χ2n) is 7.62. The quantitative estimate of drug-likeness (QED) is 0.267. The first-order chi connectivity index (χ1) is 15.0. The number of benzene rings is 2. The van der Waals surface area contributed by atoms with E-state index in [0.717, 1.165) is 33.9 Å². The molecule has 0 fully saturated rings. The van der Waals surface area contributed by atoms with Crippen LogP contribution < -0.4 is 0 Å². The standard InChI is InChI=1S/C27H18N4.Pt/c1-27(2,25-14-6-12-23(30-25)20-9-4-8-19(16-20)18-28)26-15-7-13-24(31-26)21-10-5-11-22(17-21)29-3;/h4-8,11-17H,1-2H3;/q-2;+2. The minimum atomic E-state index is -0.462. The second-order valence-corrected chi connectivity index (χ2v) is 7.62. The summed E-state index contributed by atoms with van der Waals surface area (Å²) in [5, 5.41) is 9.18. The molecule has 0 bridgehead atoms. The fourth-order valence-corrected chi connectivity index (χ4v) is 3.35. The SMILES string of the molecule is [C-]#[N+]c1cc[c-]c(-c2cccc(C(C)(C)c3cccc(-c4[c-]ccc(C#N)c4)n3)n2)c1.[Pt+2]. The van der Waals surface area contributed by atoms with Crippen molar-refractivity contribution in [1.29, 1.82) is 5.26 Å². The first kappa shape index (κ1) is 23.1. The molecule has 4 aromatic rings. The number of hydrogen-bond donors (Lipinski definition) is 0. The Morgan fingerprint density at radius 1 is 0.875 bits per heavy atom. The summed E-state index contributed by atoms with van der Waals surface area (Å²) in [6.45, 7) is 11.4. The Bertz CT molecular complexity index is 1240. The van der Waals surface area contributed by atoms with E-state index in [1.165, 1.54) is 0 Å². The van der Waals surface area contributed by atoms with Crippen LogP contribution in [0.5, 0.6) is 0 Å². The van der Waals surface area contributed by atoms with Gasteiger partial charge in [-0.1, -0.05) is 24.3 Å². The Morgan fingerprint density at radius 3 is 2.00 bits per heavy atom. The van der Waals surface area contributed by atoms with Crippen molar-refractivity contribution in [3.63, 3.8) is 0 Å². The molecule has 2 aromatic carbocycles. The Kier molecular flexibility index (Phi) is 6.99. The van der Waals surface area contributed by atoms with Crippen LogP contribution in [0.4, 0.5) is 5.69 Å². The van der Waals surface area contributed by atoms with Crippen LogP contribution in [0.3, 0.4) is 0 Å². The van der Waals surface area contributed by atoms with Crippen LogP contribution in [0, 0.1) is 30.0 Å². The largest absolute Gasteiger partial charge is 2.00 e. The van der Waals surface area contributed by atoms with E-state index in [4.69, 9.17) is 16.5 Å². The number of hydrogen-bond acceptors (Lipinski definition) is 3. The van der Waals surface area contributed by atoms with Crippen molar-refractivity contribution in [3.8, 4) is 28.6 Å². The molecule has 5 heteroatoms. The van der Waals surface area contributed by atoms with Crippen LogP contribution in [0.2, 0.25) is 0 Å². The first-order valence-corrected chi connectivity index (χ1v) is 9.78. The fraction of sp³-hybridized carbons (Fsp3) is 0.111. The van der Waals surface area contributed by atoms with E-state index in [1.54, 1.807) is 36.4 Å². The summed E-state index contributed by atoms with van der Waals surface area (Å²) in [6, 6.07) is 30.8. The van der Waals surface area contributed by atoms with Crippen molar-refractivity contribution >= 4 is 5.69 Å². The fourth-order valence-electron chi connectivity index (χ4n) is 3.35. The van der Waals surface area contributed by atoms with Gasteiger partial charge in [-0.25, -0.2) is 0 Å². The number of nitriles is 1. The van der Waals surface area contributed by atoms with Crippen LogP contribution in [-0.2, 0) is 26.5 Å². The van der Waals surface area contributed by atoms with Crippen LogP contribution in [0.1, 0.15) is 30.8 Å². The Labute approximate surface area is 202 Å². The molecular formula is C27H18N4Pt. The maximum atomic E-state index is 9.18. The predicted octanol–water partition coefficient (Wildman–Crippen LogP) is 6.16. The van der Waals surface area contributed by atoms with Gasteiger partial charge in [0.05, 0.1) is 12.6 Å². The Balaban J connectivity index is 0.00000289. The summed E-state index contributed by atoms with van der Waals surface area (Å²) in [7, 11) is 0. The predicted molar refractivity (Wildman–Crippen MR) is 120 cm³/mol. The van der Waals surface area contributed by atoms with Gasteiger partial charge in [0.15, 0.2) is 0 Å². The van der Waals surface area contributed by atoms with Crippen LogP contribution in [-0.4, -0.2) is 9.97 Å². The first-order valence-electron chi connectivity index (χ1n) is 9.78. The Morgan fingerprint density at radius 2 is 1.44 bits per heavy atom. The number of aromatic nitrogens is 2. The van der Waals surface area contributed by atoms with Gasteiger partial charge in [-0.15, -0.1) is 53.6 Å². The van der Waals surface area contributed by atoms with E-state index in [-0.39, 0.29) is 21.1 Å². The average Bonchev–Trinajstić information content (AvgIpc) is 2.84. The summed E-state index contributed by atoms with van der Waals surface area (Å²) < 4.78 is 0. The van der Waals surface area contributed by atoms with Gasteiger partial charge < -0.3 is 9.97 Å². The minimum Gasteiger partial charge on any atom is -0.300 e. The third-order valence-corrected chi connectivity index (χ3v) is 5.18. The average molecular weight is 594 g/mol. The van der Waals surface area contributed by atoms with Crippen molar-refractivity contribution < 1.29 is 21.1 Å². The van der Waals surface area contributed by atoms with Gasteiger partial charge in [0, 0.05) is 16.8 Å². The van der Waals surface area contributed by atoms with E-state index < -0.39 is 5.41 Å². The normalized spacial score (nSPS) is 10.5. The van der Waals surface area contributed by atoms with E-state index >= 15 is 0 Å². The van der Waals surface area contributed by atoms with Gasteiger partial charge in [-0.05, 0) is 42.9 Å². The molecular weight excluding hydrogens is 575 g/mol. The molecule has 2 aromatic heterocycles.